The number of halogens is 2. The van der Waals surface area contributed by atoms with E-state index in [1.165, 1.54) is 6.07 Å². The van der Waals surface area contributed by atoms with Gasteiger partial charge in [0, 0.05) is 12.6 Å². The fourth-order valence-electron chi connectivity index (χ4n) is 1.74. The summed E-state index contributed by atoms with van der Waals surface area (Å²) < 4.78 is 15.9. The van der Waals surface area contributed by atoms with Gasteiger partial charge < -0.3 is 9.55 Å². The molecule has 0 amide bonds. The van der Waals surface area contributed by atoms with Gasteiger partial charge in [-0.05, 0) is 36.7 Å². The van der Waals surface area contributed by atoms with Gasteiger partial charge in [0.1, 0.15) is 5.82 Å². The molecule has 0 bridgehead atoms. The van der Waals surface area contributed by atoms with Gasteiger partial charge in [0.15, 0.2) is 4.77 Å². The minimum atomic E-state index is -0.424. The zero-order chi connectivity index (χ0) is 12.4. The highest BCUT2D eigenvalue weighted by molar-refractivity contribution is 7.98. The predicted octanol–water partition coefficient (Wildman–Crippen LogP) is 4.24. The standard InChI is InChI=1S/C11H12ClFN2S2/c1-17-4-2-3-15-10-5-7(12)8(13)6-9(10)14-11(15)16/h5-6H,2-4H2,1H3,(H,14,16). The van der Waals surface area contributed by atoms with Crippen molar-refractivity contribution in [2.45, 2.75) is 13.0 Å². The zero-order valence-corrected chi connectivity index (χ0v) is 11.7. The molecule has 0 atom stereocenters. The third kappa shape index (κ3) is 2.67. The van der Waals surface area contributed by atoms with E-state index >= 15 is 0 Å². The Morgan fingerprint density at radius 2 is 2.29 bits per heavy atom. The topological polar surface area (TPSA) is 20.7 Å². The Morgan fingerprint density at radius 1 is 1.53 bits per heavy atom. The highest BCUT2D eigenvalue weighted by Crippen LogP contribution is 2.23. The van der Waals surface area contributed by atoms with Crippen molar-refractivity contribution in [3.8, 4) is 0 Å². The molecule has 0 saturated carbocycles. The largest absolute Gasteiger partial charge is 0.330 e. The second-order valence-corrected chi connectivity index (χ2v) is 5.49. The number of fused-ring (bicyclic) bond motifs is 1. The molecule has 17 heavy (non-hydrogen) atoms. The first-order valence-electron chi connectivity index (χ1n) is 5.20. The monoisotopic (exact) mass is 290 g/mol. The van der Waals surface area contributed by atoms with Crippen molar-refractivity contribution in [2.24, 2.45) is 0 Å². The van der Waals surface area contributed by atoms with E-state index in [1.54, 1.807) is 17.8 Å². The maximum Gasteiger partial charge on any atom is 0.178 e. The van der Waals surface area contributed by atoms with Crippen molar-refractivity contribution in [1.29, 1.82) is 0 Å². The van der Waals surface area contributed by atoms with E-state index in [1.807, 2.05) is 4.57 Å². The molecule has 0 aliphatic carbocycles. The van der Waals surface area contributed by atoms with Crippen molar-refractivity contribution in [2.75, 3.05) is 12.0 Å². The lowest BCUT2D eigenvalue weighted by molar-refractivity contribution is 0.629. The van der Waals surface area contributed by atoms with Crippen LogP contribution < -0.4 is 0 Å². The number of aryl methyl sites for hydroxylation is 1. The fraction of sp³-hybridized carbons (Fsp3) is 0.364. The van der Waals surface area contributed by atoms with Gasteiger partial charge in [-0.15, -0.1) is 0 Å². The van der Waals surface area contributed by atoms with Crippen LogP contribution in [0.2, 0.25) is 5.02 Å². The van der Waals surface area contributed by atoms with E-state index in [9.17, 15) is 4.39 Å². The molecule has 0 radical (unpaired) electrons. The second-order valence-electron chi connectivity index (χ2n) is 3.71. The Labute approximate surface area is 113 Å². The quantitative estimate of drug-likeness (QED) is 0.671. The predicted molar refractivity (Wildman–Crippen MR) is 75.1 cm³/mol. The zero-order valence-electron chi connectivity index (χ0n) is 9.30. The Balaban J connectivity index is 2.44. The van der Waals surface area contributed by atoms with Crippen LogP contribution >= 0.6 is 35.6 Å². The summed E-state index contributed by atoms with van der Waals surface area (Å²) in [6.07, 6.45) is 3.10. The summed E-state index contributed by atoms with van der Waals surface area (Å²) in [5, 5.41) is 0.130. The number of nitrogens with one attached hydrogen (secondary N) is 1. The molecule has 92 valence electrons. The average Bonchev–Trinajstić information content (AvgIpc) is 2.57. The molecule has 1 aromatic carbocycles. The van der Waals surface area contributed by atoms with Crippen LogP contribution in [0.1, 0.15) is 6.42 Å². The maximum atomic E-state index is 13.3. The number of benzene rings is 1. The molecular formula is C11H12ClFN2S2. The second kappa shape index (κ2) is 5.42. The summed E-state index contributed by atoms with van der Waals surface area (Å²) in [7, 11) is 0. The molecule has 2 rings (SSSR count). The van der Waals surface area contributed by atoms with Gasteiger partial charge in [-0.25, -0.2) is 4.39 Å². The van der Waals surface area contributed by atoms with Crippen LogP contribution in [0.3, 0.4) is 0 Å². The number of H-pyrrole nitrogens is 1. The molecule has 1 aromatic heterocycles. The molecular weight excluding hydrogens is 279 g/mol. The minimum Gasteiger partial charge on any atom is -0.330 e. The molecule has 2 nitrogen and oxygen atoms in total. The number of imidazole rings is 1. The van der Waals surface area contributed by atoms with Crippen molar-refractivity contribution in [3.05, 3.63) is 27.7 Å². The lowest BCUT2D eigenvalue weighted by Crippen LogP contribution is -1.99. The highest BCUT2D eigenvalue weighted by Gasteiger charge is 2.08. The fourth-order valence-corrected chi connectivity index (χ4v) is 2.62. The van der Waals surface area contributed by atoms with Gasteiger partial charge in [-0.1, -0.05) is 11.6 Å². The number of thioether (sulfide) groups is 1. The van der Waals surface area contributed by atoms with Crippen LogP contribution in [-0.4, -0.2) is 21.6 Å². The molecule has 0 aliphatic rings. The van der Waals surface area contributed by atoms with Crippen molar-refractivity contribution >= 4 is 46.6 Å². The number of hydrogen-bond donors (Lipinski definition) is 1. The van der Waals surface area contributed by atoms with Gasteiger partial charge >= 0.3 is 0 Å². The molecule has 0 spiro atoms. The number of aromatic amines is 1. The number of nitrogens with zero attached hydrogens (tertiary/aromatic N) is 1. The van der Waals surface area contributed by atoms with Crippen LogP contribution in [0, 0.1) is 10.6 Å². The molecule has 1 N–H and O–H groups in total. The van der Waals surface area contributed by atoms with E-state index in [-0.39, 0.29) is 5.02 Å². The average molecular weight is 291 g/mol. The van der Waals surface area contributed by atoms with Gasteiger partial charge in [-0.3, -0.25) is 0 Å². The van der Waals surface area contributed by atoms with E-state index in [4.69, 9.17) is 23.8 Å². The van der Waals surface area contributed by atoms with Crippen molar-refractivity contribution in [3.63, 3.8) is 0 Å². The Morgan fingerprint density at radius 3 is 3.00 bits per heavy atom. The van der Waals surface area contributed by atoms with Crippen LogP contribution in [-0.2, 0) is 6.54 Å². The number of aromatic nitrogens is 2. The summed E-state index contributed by atoms with van der Waals surface area (Å²) >= 11 is 12.8. The third-order valence-corrected chi connectivity index (χ3v) is 3.86. The van der Waals surface area contributed by atoms with Crippen molar-refractivity contribution < 1.29 is 4.39 Å². The summed E-state index contributed by atoms with van der Waals surface area (Å²) in [6, 6.07) is 3.01. The molecule has 6 heteroatoms. The molecule has 0 fully saturated rings. The lowest BCUT2D eigenvalue weighted by Gasteiger charge is -2.04. The summed E-state index contributed by atoms with van der Waals surface area (Å²) in [4.78, 5) is 2.99. The first-order valence-corrected chi connectivity index (χ1v) is 7.38. The smallest absolute Gasteiger partial charge is 0.178 e. The highest BCUT2D eigenvalue weighted by atomic mass is 35.5. The van der Waals surface area contributed by atoms with Gasteiger partial charge in [0.25, 0.3) is 0 Å². The maximum absolute atomic E-state index is 13.3. The van der Waals surface area contributed by atoms with E-state index in [0.29, 0.717) is 10.3 Å². The van der Waals surface area contributed by atoms with Crippen molar-refractivity contribution in [1.82, 2.24) is 9.55 Å². The van der Waals surface area contributed by atoms with Gasteiger partial charge in [-0.2, -0.15) is 11.8 Å². The van der Waals surface area contributed by atoms with Gasteiger partial charge in [0.2, 0.25) is 0 Å². The van der Waals surface area contributed by atoms with Crippen LogP contribution in [0.25, 0.3) is 11.0 Å². The van der Waals surface area contributed by atoms with Crippen LogP contribution in [0.4, 0.5) is 4.39 Å². The number of hydrogen-bond acceptors (Lipinski definition) is 2. The summed E-state index contributed by atoms with van der Waals surface area (Å²) in [6.45, 7) is 0.821. The first kappa shape index (κ1) is 12.9. The number of rotatable bonds is 4. The Hall–Kier alpha value is -0.520. The third-order valence-electron chi connectivity index (χ3n) is 2.55. The Bertz CT molecular complexity index is 591. The first-order chi connectivity index (χ1) is 8.13. The minimum absolute atomic E-state index is 0.130. The van der Waals surface area contributed by atoms with Crippen LogP contribution in [0.15, 0.2) is 12.1 Å². The van der Waals surface area contributed by atoms with Gasteiger partial charge in [0.05, 0.1) is 16.1 Å². The van der Waals surface area contributed by atoms with Crippen LogP contribution in [0.5, 0.6) is 0 Å². The van der Waals surface area contributed by atoms with E-state index in [0.717, 1.165) is 24.2 Å². The summed E-state index contributed by atoms with van der Waals surface area (Å²) in [5.41, 5.74) is 1.56. The Kier molecular flexibility index (Phi) is 4.12. The molecule has 2 aromatic rings. The molecule has 0 unspecified atom stereocenters. The van der Waals surface area contributed by atoms with E-state index in [2.05, 4.69) is 11.2 Å². The molecule has 0 aliphatic heterocycles. The SMILES string of the molecule is CSCCCn1c(=S)[nH]c2cc(F)c(Cl)cc21. The summed E-state index contributed by atoms with van der Waals surface area (Å²) in [5.74, 6) is 0.648. The molecule has 1 heterocycles. The van der Waals surface area contributed by atoms with E-state index < -0.39 is 5.82 Å². The lowest BCUT2D eigenvalue weighted by atomic mass is 10.3. The normalized spacial score (nSPS) is 11.2. The molecule has 0 saturated heterocycles.